The van der Waals surface area contributed by atoms with Crippen LogP contribution < -0.4 is 5.32 Å². The van der Waals surface area contributed by atoms with Crippen molar-refractivity contribution in [3.63, 3.8) is 0 Å². The quantitative estimate of drug-likeness (QED) is 0.708. The summed E-state index contributed by atoms with van der Waals surface area (Å²) in [6.07, 6.45) is 3.38. The van der Waals surface area contributed by atoms with Gasteiger partial charge in [0, 0.05) is 11.3 Å². The Bertz CT molecular complexity index is 370. The normalized spacial score (nSPS) is 16.1. The molecule has 4 nitrogen and oxygen atoms in total. The predicted octanol–water partition coefficient (Wildman–Crippen LogP) is 3.98. The minimum atomic E-state index is 0.265. The highest BCUT2D eigenvalue weighted by Gasteiger charge is 2.22. The molecule has 5 heteroatoms. The fourth-order valence-corrected chi connectivity index (χ4v) is 2.81. The van der Waals surface area contributed by atoms with E-state index in [0.717, 1.165) is 36.9 Å². The van der Waals surface area contributed by atoms with Gasteiger partial charge in [-0.2, -0.15) is 16.7 Å². The number of thioether (sulfide) groups is 1. The molecule has 116 valence electrons. The summed E-state index contributed by atoms with van der Waals surface area (Å²) in [6.45, 7) is 12.0. The molecule has 0 bridgehead atoms. The predicted molar refractivity (Wildman–Crippen MR) is 86.1 cm³/mol. The van der Waals surface area contributed by atoms with Crippen molar-refractivity contribution in [3.05, 3.63) is 11.7 Å². The van der Waals surface area contributed by atoms with Crippen molar-refractivity contribution in [2.45, 2.75) is 76.8 Å². The maximum Gasteiger partial charge on any atom is 0.231 e. The molecule has 0 aliphatic heterocycles. The van der Waals surface area contributed by atoms with Crippen LogP contribution in [-0.4, -0.2) is 28.0 Å². The molecule has 0 amide bonds. The summed E-state index contributed by atoms with van der Waals surface area (Å²) in [4.78, 5) is 4.55. The second kappa shape index (κ2) is 9.40. The van der Waals surface area contributed by atoms with Crippen molar-refractivity contribution in [2.75, 3.05) is 6.54 Å². The second-order valence-electron chi connectivity index (χ2n) is 5.34. The third kappa shape index (κ3) is 5.44. The van der Waals surface area contributed by atoms with Gasteiger partial charge in [-0.1, -0.05) is 39.8 Å². The summed E-state index contributed by atoms with van der Waals surface area (Å²) < 4.78 is 5.44. The molecule has 3 unspecified atom stereocenters. The Morgan fingerprint density at radius 1 is 1.20 bits per heavy atom. The Morgan fingerprint density at radius 2 is 1.95 bits per heavy atom. The largest absolute Gasteiger partial charge is 0.339 e. The van der Waals surface area contributed by atoms with E-state index in [4.69, 9.17) is 4.52 Å². The standard InChI is InChI=1S/C15H29N3OS/c1-6-9-16-13(8-3)12(5)15-17-14(18-19-15)10-20-11(4)7-2/h11-13,16H,6-10H2,1-5H3. The molecule has 0 aromatic carbocycles. The Hall–Kier alpha value is -0.550. The molecule has 20 heavy (non-hydrogen) atoms. The van der Waals surface area contributed by atoms with Crippen LogP contribution in [0, 0.1) is 0 Å². The van der Waals surface area contributed by atoms with Crippen molar-refractivity contribution in [1.82, 2.24) is 15.5 Å². The maximum atomic E-state index is 5.44. The third-order valence-corrected chi connectivity index (χ3v) is 4.97. The molecule has 3 atom stereocenters. The fraction of sp³-hybridized carbons (Fsp3) is 0.867. The van der Waals surface area contributed by atoms with Crippen molar-refractivity contribution in [2.24, 2.45) is 0 Å². The van der Waals surface area contributed by atoms with Crippen LogP contribution in [0.5, 0.6) is 0 Å². The lowest BCUT2D eigenvalue weighted by atomic mass is 9.99. The molecule has 0 saturated heterocycles. The van der Waals surface area contributed by atoms with Gasteiger partial charge in [0.25, 0.3) is 0 Å². The molecule has 0 radical (unpaired) electrons. The van der Waals surface area contributed by atoms with Crippen LogP contribution in [0.1, 0.15) is 71.5 Å². The van der Waals surface area contributed by atoms with Gasteiger partial charge in [-0.05, 0) is 25.8 Å². The highest BCUT2D eigenvalue weighted by Crippen LogP contribution is 2.22. The van der Waals surface area contributed by atoms with E-state index in [1.165, 1.54) is 6.42 Å². The van der Waals surface area contributed by atoms with E-state index in [1.54, 1.807) is 0 Å². The van der Waals surface area contributed by atoms with Crippen LogP contribution in [-0.2, 0) is 5.75 Å². The van der Waals surface area contributed by atoms with Crippen molar-refractivity contribution >= 4 is 11.8 Å². The van der Waals surface area contributed by atoms with Gasteiger partial charge in [0.2, 0.25) is 5.89 Å². The number of nitrogens with one attached hydrogen (secondary N) is 1. The van der Waals surface area contributed by atoms with Gasteiger partial charge in [-0.3, -0.25) is 0 Å². The van der Waals surface area contributed by atoms with Gasteiger partial charge in [-0.25, -0.2) is 0 Å². The molecule has 0 saturated carbocycles. The molecular weight excluding hydrogens is 270 g/mol. The SMILES string of the molecule is CCCNC(CC)C(C)c1nc(CSC(C)CC)no1. The monoisotopic (exact) mass is 299 g/mol. The molecule has 0 aliphatic rings. The maximum absolute atomic E-state index is 5.44. The molecule has 0 fully saturated rings. The average Bonchev–Trinajstić information content (AvgIpc) is 2.94. The fourth-order valence-electron chi connectivity index (χ4n) is 2.02. The highest BCUT2D eigenvalue weighted by atomic mass is 32.2. The molecule has 0 spiro atoms. The van der Waals surface area contributed by atoms with Crippen LogP contribution in [0.25, 0.3) is 0 Å². The van der Waals surface area contributed by atoms with Crippen LogP contribution in [0.4, 0.5) is 0 Å². The lowest BCUT2D eigenvalue weighted by Gasteiger charge is -2.20. The van der Waals surface area contributed by atoms with E-state index in [9.17, 15) is 0 Å². The Kier molecular flexibility index (Phi) is 8.22. The minimum Gasteiger partial charge on any atom is -0.339 e. The molecule has 1 rings (SSSR count). The molecule has 1 heterocycles. The summed E-state index contributed by atoms with van der Waals surface area (Å²) in [5, 5.41) is 8.30. The zero-order chi connectivity index (χ0) is 15.0. The highest BCUT2D eigenvalue weighted by molar-refractivity contribution is 7.99. The van der Waals surface area contributed by atoms with Crippen molar-refractivity contribution in [3.8, 4) is 0 Å². The minimum absolute atomic E-state index is 0.265. The van der Waals surface area contributed by atoms with Gasteiger partial charge in [0.15, 0.2) is 5.82 Å². The third-order valence-electron chi connectivity index (χ3n) is 3.65. The van der Waals surface area contributed by atoms with Crippen molar-refractivity contribution in [1.29, 1.82) is 0 Å². The Labute approximate surface area is 127 Å². The second-order valence-corrected chi connectivity index (χ2v) is 6.76. The molecule has 1 aromatic rings. The van der Waals surface area contributed by atoms with Crippen LogP contribution in [0.2, 0.25) is 0 Å². The van der Waals surface area contributed by atoms with Gasteiger partial charge < -0.3 is 9.84 Å². The first-order valence-electron chi connectivity index (χ1n) is 7.79. The number of hydrogen-bond donors (Lipinski definition) is 1. The Morgan fingerprint density at radius 3 is 2.55 bits per heavy atom. The summed E-state index contributed by atoms with van der Waals surface area (Å²) in [5.74, 6) is 2.69. The Balaban J connectivity index is 2.55. The number of aromatic nitrogens is 2. The first-order valence-corrected chi connectivity index (χ1v) is 8.84. The lowest BCUT2D eigenvalue weighted by molar-refractivity contribution is 0.318. The van der Waals surface area contributed by atoms with Gasteiger partial charge in [0.1, 0.15) is 0 Å². The summed E-state index contributed by atoms with van der Waals surface area (Å²) >= 11 is 1.88. The number of rotatable bonds is 10. The first-order chi connectivity index (χ1) is 9.62. The summed E-state index contributed by atoms with van der Waals surface area (Å²) in [6, 6.07) is 0.408. The molecular formula is C15H29N3OS. The van der Waals surface area contributed by atoms with Gasteiger partial charge in [0.05, 0.1) is 11.7 Å². The molecule has 1 aromatic heterocycles. The zero-order valence-electron chi connectivity index (χ0n) is 13.5. The van der Waals surface area contributed by atoms with Crippen molar-refractivity contribution < 1.29 is 4.52 Å². The zero-order valence-corrected chi connectivity index (χ0v) is 14.3. The summed E-state index contributed by atoms with van der Waals surface area (Å²) in [7, 11) is 0. The van der Waals surface area contributed by atoms with Gasteiger partial charge in [-0.15, -0.1) is 0 Å². The van der Waals surface area contributed by atoms with E-state index in [1.807, 2.05) is 11.8 Å². The van der Waals surface area contributed by atoms with E-state index in [2.05, 4.69) is 50.1 Å². The van der Waals surface area contributed by atoms with E-state index in [-0.39, 0.29) is 5.92 Å². The van der Waals surface area contributed by atoms with Crippen LogP contribution >= 0.6 is 11.8 Å². The number of nitrogens with zero attached hydrogens (tertiary/aromatic N) is 2. The van der Waals surface area contributed by atoms with Crippen LogP contribution in [0.3, 0.4) is 0 Å². The topological polar surface area (TPSA) is 51.0 Å². The summed E-state index contributed by atoms with van der Waals surface area (Å²) in [5.41, 5.74) is 0. The average molecular weight is 299 g/mol. The first kappa shape index (κ1) is 17.5. The van der Waals surface area contributed by atoms with E-state index < -0.39 is 0 Å². The van der Waals surface area contributed by atoms with Gasteiger partial charge >= 0.3 is 0 Å². The number of hydrogen-bond acceptors (Lipinski definition) is 5. The van der Waals surface area contributed by atoms with E-state index in [0.29, 0.717) is 11.3 Å². The smallest absolute Gasteiger partial charge is 0.231 e. The lowest BCUT2D eigenvalue weighted by Crippen LogP contribution is -2.33. The van der Waals surface area contributed by atoms with Crippen LogP contribution in [0.15, 0.2) is 4.52 Å². The molecule has 1 N–H and O–H groups in total. The molecule has 0 aliphatic carbocycles. The van der Waals surface area contributed by atoms with E-state index >= 15 is 0 Å².